The number of hydrogen-bond acceptors (Lipinski definition) is 3. The Hall–Kier alpha value is -2.41. The second-order valence-electron chi connectivity index (χ2n) is 8.29. The molecule has 0 spiro atoms. The molecule has 2 aromatic rings. The van der Waals surface area contributed by atoms with Crippen molar-refractivity contribution in [1.29, 1.82) is 0 Å². The minimum atomic E-state index is -0.242. The van der Waals surface area contributed by atoms with Crippen molar-refractivity contribution in [2.45, 2.75) is 57.4 Å². The van der Waals surface area contributed by atoms with Crippen molar-refractivity contribution in [3.05, 3.63) is 47.2 Å². The van der Waals surface area contributed by atoms with Gasteiger partial charge in [-0.1, -0.05) is 31.9 Å². The summed E-state index contributed by atoms with van der Waals surface area (Å²) < 4.78 is 13.6. The Balaban J connectivity index is 0.00000218. The average molecular weight is 432 g/mol. The molecule has 1 aromatic carbocycles. The van der Waals surface area contributed by atoms with E-state index in [1.54, 1.807) is 21.9 Å². The van der Waals surface area contributed by atoms with Gasteiger partial charge in [-0.15, -0.1) is 12.4 Å². The number of amidine groups is 1. The summed E-state index contributed by atoms with van der Waals surface area (Å²) in [6, 6.07) is 6.48. The number of fused-ring (bicyclic) bond motifs is 3. The standard InChI is InChI=1S/C22H26FN5O.ClH/c1-2-10-27-21-18(25-19(26-21)15-7-3-4-8-15)20-24-17(13-28(20)22(27)29)12-14-6-5-9-16(23)11-14;/h5-6,9,11,15,17H,2-4,7-8,10,12-13H2,1H3,(H,25,26);1H. The van der Waals surface area contributed by atoms with Crippen LogP contribution in [0.2, 0.25) is 0 Å². The Bertz CT molecular complexity index is 968. The van der Waals surface area contributed by atoms with E-state index in [2.05, 4.69) is 11.9 Å². The number of anilines is 1. The monoisotopic (exact) mass is 431 g/mol. The molecule has 1 N–H and O–H groups in total. The molecule has 2 aliphatic heterocycles. The molecule has 1 aliphatic carbocycles. The highest BCUT2D eigenvalue weighted by atomic mass is 35.5. The van der Waals surface area contributed by atoms with Crippen LogP contribution in [0.25, 0.3) is 0 Å². The van der Waals surface area contributed by atoms with Gasteiger partial charge < -0.3 is 4.98 Å². The molecule has 8 heteroatoms. The first-order valence-corrected chi connectivity index (χ1v) is 10.7. The van der Waals surface area contributed by atoms with Crippen LogP contribution in [-0.4, -0.2) is 45.9 Å². The van der Waals surface area contributed by atoms with Crippen LogP contribution in [0.3, 0.4) is 0 Å². The molecular weight excluding hydrogens is 405 g/mol. The van der Waals surface area contributed by atoms with Crippen molar-refractivity contribution in [3.63, 3.8) is 0 Å². The summed E-state index contributed by atoms with van der Waals surface area (Å²) in [5.41, 5.74) is 1.76. The molecule has 3 aliphatic rings. The Morgan fingerprint density at radius 3 is 2.80 bits per heavy atom. The lowest BCUT2D eigenvalue weighted by Gasteiger charge is -2.32. The molecule has 5 rings (SSSR count). The Morgan fingerprint density at radius 2 is 2.07 bits per heavy atom. The smallest absolute Gasteiger partial charge is 0.331 e. The Morgan fingerprint density at radius 1 is 1.27 bits per heavy atom. The number of aromatic nitrogens is 2. The third-order valence-electron chi connectivity index (χ3n) is 6.15. The highest BCUT2D eigenvalue weighted by molar-refractivity contribution is 6.18. The molecule has 160 valence electrons. The van der Waals surface area contributed by atoms with Crippen LogP contribution in [0.1, 0.15) is 62.0 Å². The van der Waals surface area contributed by atoms with E-state index >= 15 is 0 Å². The van der Waals surface area contributed by atoms with Crippen LogP contribution < -0.4 is 4.90 Å². The van der Waals surface area contributed by atoms with Gasteiger partial charge in [0.05, 0.1) is 12.6 Å². The number of urea groups is 1. The van der Waals surface area contributed by atoms with Crippen LogP contribution in [0, 0.1) is 5.82 Å². The molecule has 2 amide bonds. The first kappa shape index (κ1) is 20.8. The maximum Gasteiger partial charge on any atom is 0.331 e. The predicted molar refractivity (Wildman–Crippen MR) is 117 cm³/mol. The lowest BCUT2D eigenvalue weighted by molar-refractivity contribution is 0.226. The van der Waals surface area contributed by atoms with E-state index in [1.165, 1.54) is 18.9 Å². The summed E-state index contributed by atoms with van der Waals surface area (Å²) in [4.78, 5) is 30.0. The molecule has 1 fully saturated rings. The van der Waals surface area contributed by atoms with Crippen molar-refractivity contribution in [2.24, 2.45) is 4.99 Å². The van der Waals surface area contributed by atoms with Crippen molar-refractivity contribution >= 4 is 30.1 Å². The maximum absolute atomic E-state index is 13.6. The van der Waals surface area contributed by atoms with Gasteiger partial charge in [-0.2, -0.15) is 0 Å². The number of amides is 2. The van der Waals surface area contributed by atoms with Crippen LogP contribution in [-0.2, 0) is 6.42 Å². The summed E-state index contributed by atoms with van der Waals surface area (Å²) in [5.74, 6) is 2.60. The van der Waals surface area contributed by atoms with Gasteiger partial charge in [0.15, 0.2) is 11.7 Å². The van der Waals surface area contributed by atoms with Crippen molar-refractivity contribution in [2.75, 3.05) is 18.0 Å². The van der Waals surface area contributed by atoms with E-state index in [4.69, 9.17) is 9.98 Å². The van der Waals surface area contributed by atoms with Crippen molar-refractivity contribution in [1.82, 2.24) is 14.9 Å². The number of nitrogens with one attached hydrogen (secondary N) is 1. The first-order chi connectivity index (χ1) is 14.1. The zero-order valence-electron chi connectivity index (χ0n) is 17.1. The largest absolute Gasteiger partial charge is 0.337 e. The lowest BCUT2D eigenvalue weighted by Crippen LogP contribution is -2.50. The first-order valence-electron chi connectivity index (χ1n) is 10.7. The highest BCUT2D eigenvalue weighted by Gasteiger charge is 2.42. The number of benzene rings is 1. The van der Waals surface area contributed by atoms with E-state index < -0.39 is 0 Å². The van der Waals surface area contributed by atoms with Gasteiger partial charge in [-0.3, -0.25) is 14.8 Å². The molecule has 30 heavy (non-hydrogen) atoms. The number of aliphatic imine (C=N–C) groups is 1. The fourth-order valence-corrected chi connectivity index (χ4v) is 4.78. The molecule has 0 radical (unpaired) electrons. The molecule has 6 nitrogen and oxygen atoms in total. The SMILES string of the molecule is CCCN1C(=O)N2CC(Cc3cccc(F)c3)N=C2c2[nH]c(C3CCCC3)nc21.Cl. The second kappa shape index (κ2) is 8.38. The third-order valence-corrected chi connectivity index (χ3v) is 6.15. The third kappa shape index (κ3) is 3.60. The van der Waals surface area contributed by atoms with Crippen LogP contribution >= 0.6 is 12.4 Å². The number of carbonyl (C=O) groups excluding carboxylic acids is 1. The van der Waals surface area contributed by atoms with Gasteiger partial charge in [-0.25, -0.2) is 14.2 Å². The molecule has 1 atom stereocenters. The number of rotatable bonds is 5. The van der Waals surface area contributed by atoms with Crippen molar-refractivity contribution in [3.8, 4) is 0 Å². The van der Waals surface area contributed by atoms with Gasteiger partial charge in [-0.05, 0) is 43.4 Å². The van der Waals surface area contributed by atoms with Gasteiger partial charge in [0.25, 0.3) is 0 Å². The number of imidazole rings is 1. The van der Waals surface area contributed by atoms with E-state index in [9.17, 15) is 9.18 Å². The van der Waals surface area contributed by atoms with Crippen LogP contribution in [0.5, 0.6) is 0 Å². The van der Waals surface area contributed by atoms with E-state index in [0.717, 1.165) is 42.2 Å². The fraction of sp³-hybridized carbons (Fsp3) is 0.500. The minimum Gasteiger partial charge on any atom is -0.337 e. The number of nitrogens with zero attached hydrogens (tertiary/aromatic N) is 4. The number of halogens is 2. The van der Waals surface area contributed by atoms with E-state index in [1.807, 2.05) is 6.07 Å². The topological polar surface area (TPSA) is 64.6 Å². The number of aromatic amines is 1. The molecule has 3 heterocycles. The summed E-state index contributed by atoms with van der Waals surface area (Å²) in [6.45, 7) is 3.22. The summed E-state index contributed by atoms with van der Waals surface area (Å²) in [7, 11) is 0. The van der Waals surface area contributed by atoms with Gasteiger partial charge in [0.1, 0.15) is 17.3 Å². The quantitative estimate of drug-likeness (QED) is 0.748. The zero-order valence-corrected chi connectivity index (χ0v) is 17.9. The number of carbonyl (C=O) groups is 1. The van der Waals surface area contributed by atoms with Crippen LogP contribution in [0.15, 0.2) is 29.3 Å². The number of hydrogen-bond donors (Lipinski definition) is 1. The summed E-state index contributed by atoms with van der Waals surface area (Å²) >= 11 is 0. The fourth-order valence-electron chi connectivity index (χ4n) is 4.78. The molecule has 0 saturated heterocycles. The number of H-pyrrole nitrogens is 1. The average Bonchev–Trinajstić information content (AvgIpc) is 3.43. The minimum absolute atomic E-state index is 0. The maximum atomic E-state index is 13.6. The van der Waals surface area contributed by atoms with Crippen LogP contribution in [0.4, 0.5) is 15.0 Å². The Labute approximate surface area is 182 Å². The highest BCUT2D eigenvalue weighted by Crippen LogP contribution is 2.37. The van der Waals surface area contributed by atoms with Gasteiger partial charge in [0.2, 0.25) is 0 Å². The van der Waals surface area contributed by atoms with E-state index in [0.29, 0.717) is 31.3 Å². The Kier molecular flexibility index (Phi) is 5.82. The molecule has 1 saturated carbocycles. The normalized spacial score (nSPS) is 20.8. The summed E-state index contributed by atoms with van der Waals surface area (Å²) in [5, 5.41) is 0. The molecular formula is C22H27ClFN5O. The lowest BCUT2D eigenvalue weighted by atomic mass is 10.1. The second-order valence-corrected chi connectivity index (χ2v) is 8.29. The predicted octanol–water partition coefficient (Wildman–Crippen LogP) is 4.65. The van der Waals surface area contributed by atoms with Gasteiger partial charge >= 0.3 is 6.03 Å². The van der Waals surface area contributed by atoms with Gasteiger partial charge in [0, 0.05) is 12.5 Å². The summed E-state index contributed by atoms with van der Waals surface area (Å²) in [6.07, 6.45) is 6.23. The molecule has 0 bridgehead atoms. The molecule has 1 unspecified atom stereocenters. The van der Waals surface area contributed by atoms with Crippen molar-refractivity contribution < 1.29 is 9.18 Å². The zero-order chi connectivity index (χ0) is 20.0. The molecule has 1 aromatic heterocycles. The van der Waals surface area contributed by atoms with E-state index in [-0.39, 0.29) is 30.3 Å².